The van der Waals surface area contributed by atoms with Gasteiger partial charge < -0.3 is 9.29 Å². The van der Waals surface area contributed by atoms with Crippen LogP contribution in [0.2, 0.25) is 0 Å². The Morgan fingerprint density at radius 3 is 2.50 bits per heavy atom. The van der Waals surface area contributed by atoms with Crippen molar-refractivity contribution in [2.75, 3.05) is 12.4 Å². The molecule has 0 rings (SSSR count). The zero-order chi connectivity index (χ0) is 8.74. The molecule has 0 atom stereocenters. The zero-order valence-corrected chi connectivity index (χ0v) is 10.1. The second-order valence-corrected chi connectivity index (χ2v) is 3.48. The summed E-state index contributed by atoms with van der Waals surface area (Å²) in [6.07, 6.45) is 3.39. The van der Waals surface area contributed by atoms with Crippen molar-refractivity contribution in [3.8, 4) is 0 Å². The number of hydrogen-bond donors (Lipinski definition) is 0. The first kappa shape index (κ1) is 14.9. The molecule has 66 valence electrons. The van der Waals surface area contributed by atoms with Gasteiger partial charge in [0.1, 0.15) is 0 Å². The summed E-state index contributed by atoms with van der Waals surface area (Å²) >= 11 is 0. The third-order valence-corrected chi connectivity index (χ3v) is 1.68. The largest absolute Gasteiger partial charge is 1.00 e. The van der Waals surface area contributed by atoms with Gasteiger partial charge in [-0.1, -0.05) is 6.08 Å². The topological polar surface area (TPSA) is 66.4 Å². The second kappa shape index (κ2) is 8.07. The molecule has 0 fully saturated rings. The van der Waals surface area contributed by atoms with Crippen LogP contribution in [0.4, 0.5) is 0 Å². The molecular formula is C6H11NaO4S. The number of rotatable bonds is 5. The van der Waals surface area contributed by atoms with E-state index in [4.69, 9.17) is 4.74 Å². The average molecular weight is 202 g/mol. The third kappa shape index (κ3) is 13.1. The van der Waals surface area contributed by atoms with Gasteiger partial charge in [-0.05, 0) is 13.3 Å². The van der Waals surface area contributed by atoms with Crippen LogP contribution in [-0.2, 0) is 14.9 Å². The summed E-state index contributed by atoms with van der Waals surface area (Å²) in [5.74, 6) is -0.357. The normalized spacial score (nSPS) is 11.2. The van der Waals surface area contributed by atoms with Gasteiger partial charge in [0.05, 0.1) is 23.0 Å². The van der Waals surface area contributed by atoms with Gasteiger partial charge in [0, 0.05) is 5.75 Å². The Bertz CT molecular complexity index is 210. The first-order valence-corrected chi connectivity index (χ1v) is 4.80. The molecule has 0 amide bonds. The molecule has 0 spiro atoms. The Morgan fingerprint density at radius 1 is 1.50 bits per heavy atom. The van der Waals surface area contributed by atoms with Gasteiger partial charge in [-0.3, -0.25) is 0 Å². The van der Waals surface area contributed by atoms with Gasteiger partial charge >= 0.3 is 29.6 Å². The molecule has 0 saturated heterocycles. The fraction of sp³-hybridized carbons (Fsp3) is 0.667. The second-order valence-electron chi connectivity index (χ2n) is 1.96. The fourth-order valence-electron chi connectivity index (χ4n) is 0.483. The van der Waals surface area contributed by atoms with E-state index in [1.165, 1.54) is 6.26 Å². The monoisotopic (exact) mass is 202 g/mol. The molecule has 0 aromatic rings. The summed E-state index contributed by atoms with van der Waals surface area (Å²) in [5.41, 5.74) is 0. The standard InChI is InChI=1S/C6H12O4S.Na/c1-2-4-10-5-3-6-11(7,8)9;/h2,4H,3,5-6H2,1H3,(H,7,8,9);/q;+1/p-1. The van der Waals surface area contributed by atoms with Crippen molar-refractivity contribution in [1.82, 2.24) is 0 Å². The SMILES string of the molecule is CC=COCCCS(=O)(=O)[O-].[Na+]. The molecule has 0 heterocycles. The van der Waals surface area contributed by atoms with Crippen LogP contribution < -0.4 is 29.6 Å². The maximum Gasteiger partial charge on any atom is 1.00 e. The van der Waals surface area contributed by atoms with E-state index in [0.29, 0.717) is 0 Å². The van der Waals surface area contributed by atoms with Crippen molar-refractivity contribution in [3.63, 3.8) is 0 Å². The number of allylic oxidation sites excluding steroid dienone is 1. The van der Waals surface area contributed by atoms with Crippen LogP contribution >= 0.6 is 0 Å². The quantitative estimate of drug-likeness (QED) is 0.213. The molecule has 0 aliphatic rings. The molecule has 0 saturated carbocycles. The first-order valence-electron chi connectivity index (χ1n) is 3.22. The molecule has 0 aromatic carbocycles. The van der Waals surface area contributed by atoms with Crippen LogP contribution in [-0.4, -0.2) is 25.3 Å². The summed E-state index contributed by atoms with van der Waals surface area (Å²) in [4.78, 5) is 0. The molecule has 0 radical (unpaired) electrons. The minimum absolute atomic E-state index is 0. The van der Waals surface area contributed by atoms with Crippen molar-refractivity contribution >= 4 is 10.1 Å². The maximum absolute atomic E-state index is 10.0. The molecular weight excluding hydrogens is 191 g/mol. The average Bonchev–Trinajstić information content (AvgIpc) is 1.85. The summed E-state index contributed by atoms with van der Waals surface area (Å²) < 4.78 is 34.9. The van der Waals surface area contributed by atoms with Crippen molar-refractivity contribution in [2.24, 2.45) is 0 Å². The Labute approximate surface area is 95.0 Å². The minimum atomic E-state index is -4.07. The van der Waals surface area contributed by atoms with Crippen LogP contribution in [0.25, 0.3) is 0 Å². The summed E-state index contributed by atoms with van der Waals surface area (Å²) in [6, 6.07) is 0. The first-order chi connectivity index (χ1) is 5.06. The van der Waals surface area contributed by atoms with E-state index in [9.17, 15) is 13.0 Å². The van der Waals surface area contributed by atoms with E-state index in [-0.39, 0.29) is 48.3 Å². The van der Waals surface area contributed by atoms with Crippen LogP contribution in [0.15, 0.2) is 12.3 Å². The van der Waals surface area contributed by atoms with E-state index < -0.39 is 10.1 Å². The summed E-state index contributed by atoms with van der Waals surface area (Å²) in [6.45, 7) is 2.05. The Morgan fingerprint density at radius 2 is 2.08 bits per heavy atom. The molecule has 0 N–H and O–H groups in total. The predicted octanol–water partition coefficient (Wildman–Crippen LogP) is -2.52. The van der Waals surface area contributed by atoms with E-state index in [2.05, 4.69) is 0 Å². The van der Waals surface area contributed by atoms with Gasteiger partial charge in [-0.25, -0.2) is 8.42 Å². The van der Waals surface area contributed by atoms with Gasteiger partial charge in [0.15, 0.2) is 0 Å². The molecule has 6 heteroatoms. The van der Waals surface area contributed by atoms with Gasteiger partial charge in [0.25, 0.3) is 0 Å². The van der Waals surface area contributed by atoms with Crippen LogP contribution in [0, 0.1) is 0 Å². The van der Waals surface area contributed by atoms with Crippen molar-refractivity contribution in [1.29, 1.82) is 0 Å². The van der Waals surface area contributed by atoms with Gasteiger partial charge in [-0.2, -0.15) is 0 Å². The zero-order valence-electron chi connectivity index (χ0n) is 7.32. The number of ether oxygens (including phenoxy) is 1. The molecule has 0 bridgehead atoms. The number of hydrogen-bond acceptors (Lipinski definition) is 4. The predicted molar refractivity (Wildman–Crippen MR) is 39.9 cm³/mol. The molecule has 0 aliphatic carbocycles. The minimum Gasteiger partial charge on any atom is -0.748 e. The molecule has 0 unspecified atom stereocenters. The van der Waals surface area contributed by atoms with Gasteiger partial charge in [-0.15, -0.1) is 0 Å². The van der Waals surface area contributed by atoms with E-state index >= 15 is 0 Å². The smallest absolute Gasteiger partial charge is 0.748 e. The Balaban J connectivity index is 0. The fourth-order valence-corrected chi connectivity index (χ4v) is 0.955. The van der Waals surface area contributed by atoms with Crippen LogP contribution in [0.3, 0.4) is 0 Å². The maximum atomic E-state index is 10.0. The van der Waals surface area contributed by atoms with Gasteiger partial charge in [0.2, 0.25) is 0 Å². The van der Waals surface area contributed by atoms with E-state index in [1.54, 1.807) is 13.0 Å². The van der Waals surface area contributed by atoms with Crippen molar-refractivity contribution < 1.29 is 47.3 Å². The van der Waals surface area contributed by atoms with Crippen LogP contribution in [0.1, 0.15) is 13.3 Å². The third-order valence-electron chi connectivity index (χ3n) is 0.889. The van der Waals surface area contributed by atoms with Crippen molar-refractivity contribution in [3.05, 3.63) is 12.3 Å². The van der Waals surface area contributed by atoms with E-state index in [0.717, 1.165) is 0 Å². The Kier molecular flexibility index (Phi) is 10.0. The molecule has 12 heavy (non-hydrogen) atoms. The van der Waals surface area contributed by atoms with Crippen LogP contribution in [0.5, 0.6) is 0 Å². The summed E-state index contributed by atoms with van der Waals surface area (Å²) in [5, 5.41) is 0. The Hall–Kier alpha value is 0.450. The molecule has 0 aromatic heterocycles. The summed E-state index contributed by atoms with van der Waals surface area (Å²) in [7, 11) is -4.07. The molecule has 4 nitrogen and oxygen atoms in total. The van der Waals surface area contributed by atoms with E-state index in [1.807, 2.05) is 0 Å². The van der Waals surface area contributed by atoms with Crippen molar-refractivity contribution in [2.45, 2.75) is 13.3 Å². The molecule has 0 aliphatic heterocycles.